The average molecular weight is 263 g/mol. The quantitative estimate of drug-likeness (QED) is 0.803. The van der Waals surface area contributed by atoms with Gasteiger partial charge in [0.25, 0.3) is 0 Å². The zero-order valence-electron chi connectivity index (χ0n) is 11.8. The summed E-state index contributed by atoms with van der Waals surface area (Å²) < 4.78 is 0. The minimum atomic E-state index is 0.667. The Morgan fingerprint density at radius 3 is 2.45 bits per heavy atom. The van der Waals surface area contributed by atoms with E-state index >= 15 is 0 Å². The summed E-state index contributed by atoms with van der Waals surface area (Å²) in [6, 6.07) is 20.7. The lowest BCUT2D eigenvalue weighted by atomic mass is 9.75. The van der Waals surface area contributed by atoms with E-state index in [1.807, 2.05) is 0 Å². The van der Waals surface area contributed by atoms with Gasteiger partial charge in [0.1, 0.15) is 0 Å². The minimum absolute atomic E-state index is 0.667. The molecule has 5 rings (SSSR count). The van der Waals surface area contributed by atoms with E-state index in [0.717, 1.165) is 5.92 Å². The molecule has 102 valence electrons. The van der Waals surface area contributed by atoms with Gasteiger partial charge in [0.15, 0.2) is 0 Å². The van der Waals surface area contributed by atoms with Crippen molar-refractivity contribution in [1.29, 1.82) is 0 Å². The minimum Gasteiger partial charge on any atom is -0.295 e. The first kappa shape index (κ1) is 12.2. The van der Waals surface area contributed by atoms with Gasteiger partial charge in [-0.25, -0.2) is 0 Å². The van der Waals surface area contributed by atoms with E-state index in [0.29, 0.717) is 6.04 Å². The molecule has 2 atom stereocenters. The van der Waals surface area contributed by atoms with Gasteiger partial charge in [0.2, 0.25) is 0 Å². The molecule has 1 aliphatic carbocycles. The highest BCUT2D eigenvalue weighted by Gasteiger charge is 2.37. The van der Waals surface area contributed by atoms with Gasteiger partial charge in [-0.2, -0.15) is 0 Å². The summed E-state index contributed by atoms with van der Waals surface area (Å²) in [5, 5.41) is 0. The summed E-state index contributed by atoms with van der Waals surface area (Å²) in [7, 11) is 0. The zero-order chi connectivity index (χ0) is 13.4. The molecule has 1 saturated heterocycles. The van der Waals surface area contributed by atoms with Gasteiger partial charge in [0, 0.05) is 19.1 Å². The van der Waals surface area contributed by atoms with Crippen LogP contribution in [0.3, 0.4) is 0 Å². The van der Waals surface area contributed by atoms with E-state index in [2.05, 4.69) is 59.5 Å². The molecule has 2 aromatic rings. The molecule has 20 heavy (non-hydrogen) atoms. The molecular weight excluding hydrogens is 242 g/mol. The molecular formula is C19H21N. The van der Waals surface area contributed by atoms with Crippen molar-refractivity contribution in [2.75, 3.05) is 13.1 Å². The molecule has 2 aromatic carbocycles. The first-order chi connectivity index (χ1) is 9.92. The second kappa shape index (κ2) is 5.06. The Bertz CT molecular complexity index is 590. The van der Waals surface area contributed by atoms with Crippen molar-refractivity contribution < 1.29 is 0 Å². The van der Waals surface area contributed by atoms with Crippen LogP contribution >= 0.6 is 0 Å². The number of nitrogens with zero attached hydrogens (tertiary/aromatic N) is 1. The van der Waals surface area contributed by atoms with Gasteiger partial charge in [-0.1, -0.05) is 54.6 Å². The SMILES string of the molecule is c1ccc(CCN2CC3CCC2c2ccccc23)cc1. The van der Waals surface area contributed by atoms with Crippen LogP contribution in [0, 0.1) is 0 Å². The maximum absolute atomic E-state index is 2.71. The molecule has 2 heterocycles. The van der Waals surface area contributed by atoms with Crippen molar-refractivity contribution in [2.24, 2.45) is 0 Å². The van der Waals surface area contributed by atoms with E-state index in [9.17, 15) is 0 Å². The van der Waals surface area contributed by atoms with Gasteiger partial charge in [-0.05, 0) is 41.9 Å². The molecule has 1 fully saturated rings. The largest absolute Gasteiger partial charge is 0.295 e. The number of hydrogen-bond acceptors (Lipinski definition) is 1. The van der Waals surface area contributed by atoms with Crippen molar-refractivity contribution in [3.05, 3.63) is 71.3 Å². The fourth-order valence-corrected chi connectivity index (χ4v) is 4.00. The normalized spacial score (nSPS) is 24.6. The van der Waals surface area contributed by atoms with Crippen molar-refractivity contribution in [3.8, 4) is 0 Å². The lowest BCUT2D eigenvalue weighted by Gasteiger charge is -2.46. The highest BCUT2D eigenvalue weighted by Crippen LogP contribution is 2.46. The number of piperidine rings is 1. The monoisotopic (exact) mass is 263 g/mol. The molecule has 0 N–H and O–H groups in total. The Morgan fingerprint density at radius 1 is 0.850 bits per heavy atom. The van der Waals surface area contributed by atoms with Crippen LogP contribution < -0.4 is 0 Å². The standard InChI is InChI=1S/C19H21N/c1-2-6-15(7-3-1)12-13-20-14-16-10-11-19(20)18-9-5-4-8-17(16)18/h1-9,16,19H,10-14H2. The molecule has 0 spiro atoms. The topological polar surface area (TPSA) is 3.24 Å². The Hall–Kier alpha value is -1.60. The number of rotatable bonds is 3. The second-order valence-corrected chi connectivity index (χ2v) is 6.15. The molecule has 2 bridgehead atoms. The van der Waals surface area contributed by atoms with Crippen molar-refractivity contribution in [2.45, 2.75) is 31.2 Å². The van der Waals surface area contributed by atoms with Crippen LogP contribution in [0.2, 0.25) is 0 Å². The average Bonchev–Trinajstić information content (AvgIpc) is 2.55. The number of benzene rings is 2. The smallest absolute Gasteiger partial charge is 0.0351 e. The molecule has 0 saturated carbocycles. The zero-order valence-corrected chi connectivity index (χ0v) is 11.8. The molecule has 2 aliphatic heterocycles. The molecule has 1 nitrogen and oxygen atoms in total. The molecule has 0 radical (unpaired) electrons. The van der Waals surface area contributed by atoms with Gasteiger partial charge in [-0.3, -0.25) is 4.90 Å². The van der Waals surface area contributed by atoms with Gasteiger partial charge < -0.3 is 0 Å². The van der Waals surface area contributed by atoms with E-state index in [1.165, 1.54) is 37.9 Å². The molecule has 0 aromatic heterocycles. The highest BCUT2D eigenvalue weighted by molar-refractivity contribution is 5.38. The summed E-state index contributed by atoms with van der Waals surface area (Å²) >= 11 is 0. The van der Waals surface area contributed by atoms with Crippen molar-refractivity contribution >= 4 is 0 Å². The molecule has 2 unspecified atom stereocenters. The summed E-state index contributed by atoms with van der Waals surface area (Å²) in [5.41, 5.74) is 4.69. The molecule has 3 aliphatic rings. The number of hydrogen-bond donors (Lipinski definition) is 0. The van der Waals surface area contributed by atoms with Gasteiger partial charge in [0.05, 0.1) is 0 Å². The van der Waals surface area contributed by atoms with E-state index in [-0.39, 0.29) is 0 Å². The third-order valence-electron chi connectivity index (χ3n) is 5.01. The lowest BCUT2D eigenvalue weighted by molar-refractivity contribution is 0.114. The van der Waals surface area contributed by atoms with E-state index in [1.54, 1.807) is 11.1 Å². The van der Waals surface area contributed by atoms with Crippen molar-refractivity contribution in [3.63, 3.8) is 0 Å². The van der Waals surface area contributed by atoms with Gasteiger partial charge in [-0.15, -0.1) is 0 Å². The first-order valence-corrected chi connectivity index (χ1v) is 7.78. The number of fused-ring (bicyclic) bond motifs is 2. The van der Waals surface area contributed by atoms with Crippen LogP contribution in [0.25, 0.3) is 0 Å². The van der Waals surface area contributed by atoms with Crippen LogP contribution in [0.5, 0.6) is 0 Å². The van der Waals surface area contributed by atoms with Crippen LogP contribution in [0.1, 0.15) is 41.5 Å². The Morgan fingerprint density at radius 2 is 1.60 bits per heavy atom. The van der Waals surface area contributed by atoms with E-state index in [4.69, 9.17) is 0 Å². The summed E-state index contributed by atoms with van der Waals surface area (Å²) in [4.78, 5) is 2.71. The fraction of sp³-hybridized carbons (Fsp3) is 0.368. The predicted octanol–water partition coefficient (Wildman–Crippen LogP) is 4.16. The summed E-state index contributed by atoms with van der Waals surface area (Å²) in [6.45, 7) is 2.45. The van der Waals surface area contributed by atoms with Crippen LogP contribution in [-0.2, 0) is 6.42 Å². The molecule has 0 amide bonds. The predicted molar refractivity (Wildman–Crippen MR) is 82.9 cm³/mol. The van der Waals surface area contributed by atoms with E-state index < -0.39 is 0 Å². The Balaban J connectivity index is 1.52. The third-order valence-corrected chi connectivity index (χ3v) is 5.01. The maximum atomic E-state index is 2.71. The second-order valence-electron chi connectivity index (χ2n) is 6.15. The fourth-order valence-electron chi connectivity index (χ4n) is 4.00. The lowest BCUT2D eigenvalue weighted by Crippen LogP contribution is -2.43. The van der Waals surface area contributed by atoms with Crippen LogP contribution in [0.4, 0.5) is 0 Å². The molecule has 1 heteroatoms. The third kappa shape index (κ3) is 2.06. The maximum Gasteiger partial charge on any atom is 0.0351 e. The van der Waals surface area contributed by atoms with Crippen LogP contribution in [0.15, 0.2) is 54.6 Å². The highest BCUT2D eigenvalue weighted by atomic mass is 15.2. The van der Waals surface area contributed by atoms with Gasteiger partial charge >= 0.3 is 0 Å². The summed E-state index contributed by atoms with van der Waals surface area (Å²) in [5.74, 6) is 0.770. The first-order valence-electron chi connectivity index (χ1n) is 7.78. The Labute approximate surface area is 121 Å². The van der Waals surface area contributed by atoms with Crippen LogP contribution in [-0.4, -0.2) is 18.0 Å². The summed E-state index contributed by atoms with van der Waals surface area (Å²) in [6.07, 6.45) is 3.90. The van der Waals surface area contributed by atoms with Crippen molar-refractivity contribution in [1.82, 2.24) is 4.90 Å². The Kier molecular flexibility index (Phi) is 3.08.